The number of hydrogen-bond acceptors (Lipinski definition) is 4. The number of carbonyl (C=O) groups is 1. The Labute approximate surface area is 119 Å². The number of ether oxygens (including phenoxy) is 1. The van der Waals surface area contributed by atoms with Crippen molar-refractivity contribution in [1.29, 1.82) is 0 Å². The van der Waals surface area contributed by atoms with Crippen molar-refractivity contribution < 1.29 is 9.53 Å². The highest BCUT2D eigenvalue weighted by Gasteiger charge is 2.16. The number of anilines is 1. The van der Waals surface area contributed by atoms with E-state index in [-0.39, 0.29) is 5.97 Å². The van der Waals surface area contributed by atoms with Crippen molar-refractivity contribution in [1.82, 2.24) is 0 Å². The van der Waals surface area contributed by atoms with Crippen LogP contribution < -0.4 is 15.1 Å². The van der Waals surface area contributed by atoms with Gasteiger partial charge in [0.1, 0.15) is 10.6 Å². The molecular weight excluding hydrogens is 258 g/mol. The molecule has 0 radical (unpaired) electrons. The molecule has 1 N–H and O–H groups in total. The number of esters is 1. The molecule has 0 atom stereocenters. The van der Waals surface area contributed by atoms with Gasteiger partial charge >= 0.3 is 5.97 Å². The summed E-state index contributed by atoms with van der Waals surface area (Å²) in [5.74, 6) is -0.297. The van der Waals surface area contributed by atoms with Crippen LogP contribution in [-0.2, 0) is 4.74 Å². The van der Waals surface area contributed by atoms with Crippen molar-refractivity contribution in [3.8, 4) is 0 Å². The molecule has 0 saturated heterocycles. The van der Waals surface area contributed by atoms with Gasteiger partial charge in [0, 0.05) is 16.8 Å². The van der Waals surface area contributed by atoms with Crippen LogP contribution in [0.25, 0.3) is 12.2 Å². The molecule has 0 aromatic carbocycles. The molecule has 0 aliphatic rings. The highest BCUT2D eigenvalue weighted by Crippen LogP contribution is 2.16. The summed E-state index contributed by atoms with van der Waals surface area (Å²) in [6.45, 7) is 11.8. The van der Waals surface area contributed by atoms with Crippen molar-refractivity contribution in [3.05, 3.63) is 28.0 Å². The molecule has 0 fully saturated rings. The number of carbonyl (C=O) groups excluding carboxylic acids is 1. The summed E-state index contributed by atoms with van der Waals surface area (Å²) in [5, 5.41) is 4.73. The monoisotopic (exact) mass is 281 g/mol. The maximum atomic E-state index is 11.9. The van der Waals surface area contributed by atoms with Gasteiger partial charge in [-0.3, -0.25) is 0 Å². The van der Waals surface area contributed by atoms with Gasteiger partial charge in [0.05, 0.1) is 6.61 Å². The van der Waals surface area contributed by atoms with Gasteiger partial charge in [-0.25, -0.2) is 4.79 Å². The van der Waals surface area contributed by atoms with E-state index in [1.807, 2.05) is 32.9 Å². The Morgan fingerprint density at radius 1 is 1.47 bits per heavy atom. The molecule has 0 saturated carbocycles. The van der Waals surface area contributed by atoms with Crippen LogP contribution in [0.4, 0.5) is 5.00 Å². The Morgan fingerprint density at radius 3 is 2.53 bits per heavy atom. The van der Waals surface area contributed by atoms with E-state index in [9.17, 15) is 4.79 Å². The molecule has 0 spiro atoms. The van der Waals surface area contributed by atoms with Crippen molar-refractivity contribution in [3.63, 3.8) is 0 Å². The first-order valence-electron chi connectivity index (χ1n) is 6.46. The predicted molar refractivity (Wildman–Crippen MR) is 85.2 cm³/mol. The lowest BCUT2D eigenvalue weighted by Crippen LogP contribution is -2.25. The van der Waals surface area contributed by atoms with Crippen LogP contribution >= 0.6 is 11.3 Å². The number of allylic oxidation sites excluding steroid dienone is 1. The molecule has 106 valence electrons. The van der Waals surface area contributed by atoms with E-state index in [1.54, 1.807) is 20.0 Å². The molecule has 1 rings (SSSR count). The second kappa shape index (κ2) is 9.39. The van der Waals surface area contributed by atoms with Crippen molar-refractivity contribution in [2.45, 2.75) is 27.7 Å². The summed E-state index contributed by atoms with van der Waals surface area (Å²) in [7, 11) is 1.80. The van der Waals surface area contributed by atoms with Crippen molar-refractivity contribution in [2.24, 2.45) is 0 Å². The smallest absolute Gasteiger partial charge is 0.341 e. The van der Waals surface area contributed by atoms with Crippen LogP contribution in [0.15, 0.2) is 12.7 Å². The van der Waals surface area contributed by atoms with E-state index in [1.165, 1.54) is 11.3 Å². The molecule has 1 aromatic rings. The molecule has 0 aliphatic carbocycles. The fraction of sp³-hybridized carbons (Fsp3) is 0.400. The summed E-state index contributed by atoms with van der Waals surface area (Å²) in [4.78, 5) is 11.9. The zero-order valence-corrected chi connectivity index (χ0v) is 13.2. The fourth-order valence-corrected chi connectivity index (χ4v) is 2.56. The first-order valence-corrected chi connectivity index (χ1v) is 7.28. The van der Waals surface area contributed by atoms with E-state index in [0.29, 0.717) is 12.2 Å². The highest BCUT2D eigenvalue weighted by molar-refractivity contribution is 7.14. The third-order valence-corrected chi connectivity index (χ3v) is 3.52. The zero-order chi connectivity index (χ0) is 14.8. The van der Waals surface area contributed by atoms with Crippen LogP contribution in [0, 0.1) is 0 Å². The van der Waals surface area contributed by atoms with E-state index in [0.717, 1.165) is 14.8 Å². The third-order valence-electron chi connectivity index (χ3n) is 2.23. The maximum absolute atomic E-state index is 11.9. The lowest BCUT2D eigenvalue weighted by Gasteiger charge is -2.02. The third kappa shape index (κ3) is 4.24. The molecule has 1 heterocycles. The van der Waals surface area contributed by atoms with Crippen LogP contribution in [0.3, 0.4) is 0 Å². The van der Waals surface area contributed by atoms with Gasteiger partial charge in [-0.2, -0.15) is 0 Å². The average Bonchev–Trinajstić information content (AvgIpc) is 2.79. The van der Waals surface area contributed by atoms with Gasteiger partial charge in [0.2, 0.25) is 0 Å². The highest BCUT2D eigenvalue weighted by atomic mass is 32.1. The Hall–Kier alpha value is -1.55. The molecule has 4 heteroatoms. The molecule has 0 aliphatic heterocycles. The van der Waals surface area contributed by atoms with Crippen molar-refractivity contribution >= 4 is 34.5 Å². The Morgan fingerprint density at radius 2 is 2.11 bits per heavy atom. The first-order chi connectivity index (χ1) is 9.19. The second-order valence-electron chi connectivity index (χ2n) is 3.25. The van der Waals surface area contributed by atoms with Crippen LogP contribution in [0.2, 0.25) is 0 Å². The summed E-state index contributed by atoms with van der Waals surface area (Å²) >= 11 is 1.53. The molecule has 3 nitrogen and oxygen atoms in total. The number of nitrogens with one attached hydrogen (secondary N) is 1. The molecule has 1 aromatic heterocycles. The lowest BCUT2D eigenvalue weighted by molar-refractivity contribution is 0.0526. The summed E-state index contributed by atoms with van der Waals surface area (Å²) in [6, 6.07) is 0. The Kier molecular flexibility index (Phi) is 8.62. The predicted octanol–water partition coefficient (Wildman–Crippen LogP) is 2.76. The molecule has 19 heavy (non-hydrogen) atoms. The maximum Gasteiger partial charge on any atom is 0.341 e. The minimum absolute atomic E-state index is 0.297. The second-order valence-corrected chi connectivity index (χ2v) is 4.30. The van der Waals surface area contributed by atoms with Gasteiger partial charge in [-0.1, -0.05) is 38.7 Å². The summed E-state index contributed by atoms with van der Waals surface area (Å²) in [6.07, 6.45) is 5.49. The fourth-order valence-electron chi connectivity index (χ4n) is 1.54. The minimum Gasteiger partial charge on any atom is -0.462 e. The summed E-state index contributed by atoms with van der Waals surface area (Å²) < 4.78 is 6.11. The van der Waals surface area contributed by atoms with E-state index < -0.39 is 0 Å². The lowest BCUT2D eigenvalue weighted by atomic mass is 10.2. The SMILES string of the molecule is C=C/C=c1/c(C(=O)OCC)c(NC)s/c1=C/C.CC. The van der Waals surface area contributed by atoms with E-state index >= 15 is 0 Å². The Bertz CT molecular complexity index is 529. The van der Waals surface area contributed by atoms with Gasteiger partial charge in [0.25, 0.3) is 0 Å². The average molecular weight is 281 g/mol. The molecule has 0 bridgehead atoms. The molecule has 0 unspecified atom stereocenters. The largest absolute Gasteiger partial charge is 0.462 e. The topological polar surface area (TPSA) is 38.3 Å². The standard InChI is InChI=1S/C13H17NO2S.C2H6/c1-5-8-9-10(6-2)17-12(14-4)11(9)13(15)16-7-3;1-2/h5-6,8,14H,1,7H2,2-4H3;1-2H3/b9-8+,10-6+;. The zero-order valence-electron chi connectivity index (χ0n) is 12.4. The van der Waals surface area contributed by atoms with E-state index in [2.05, 4.69) is 11.9 Å². The quantitative estimate of drug-likeness (QED) is 0.863. The van der Waals surface area contributed by atoms with Gasteiger partial charge in [0.15, 0.2) is 0 Å². The number of rotatable bonds is 4. The number of thiophene rings is 1. The van der Waals surface area contributed by atoms with Crippen molar-refractivity contribution in [2.75, 3.05) is 19.0 Å². The van der Waals surface area contributed by atoms with Gasteiger partial charge < -0.3 is 10.1 Å². The van der Waals surface area contributed by atoms with Gasteiger partial charge in [-0.15, -0.1) is 11.3 Å². The summed E-state index contributed by atoms with van der Waals surface area (Å²) in [5.41, 5.74) is 0.590. The van der Waals surface area contributed by atoms with Crippen LogP contribution in [0.1, 0.15) is 38.1 Å². The number of hydrogen-bond donors (Lipinski definition) is 1. The molecule has 0 amide bonds. The molecular formula is C15H23NO2S. The van der Waals surface area contributed by atoms with Gasteiger partial charge in [-0.05, 0) is 13.8 Å². The van der Waals surface area contributed by atoms with Crippen LogP contribution in [-0.4, -0.2) is 19.6 Å². The van der Waals surface area contributed by atoms with E-state index in [4.69, 9.17) is 4.74 Å². The normalized spacial score (nSPS) is 11.6. The first kappa shape index (κ1) is 17.4. The van der Waals surface area contributed by atoms with Crippen LogP contribution in [0.5, 0.6) is 0 Å². The Balaban J connectivity index is 0.00000154. The minimum atomic E-state index is -0.297.